The van der Waals surface area contributed by atoms with E-state index < -0.39 is 36.0 Å². The number of rotatable bonds is 4. The zero-order valence-corrected chi connectivity index (χ0v) is 11.1. The molecule has 0 aliphatic carbocycles. The van der Waals surface area contributed by atoms with Crippen molar-refractivity contribution in [2.45, 2.75) is 19.4 Å². The normalized spacial score (nSPS) is 15.0. The highest BCUT2D eigenvalue weighted by atomic mass is 16.5. The van der Waals surface area contributed by atoms with E-state index in [2.05, 4.69) is 4.74 Å². The molecule has 0 bridgehead atoms. The number of ketones is 1. The Balaban J connectivity index is 2.23. The number of hydrogen-bond acceptors (Lipinski definition) is 5. The molecule has 1 aliphatic rings. The van der Waals surface area contributed by atoms with Gasteiger partial charge in [0.1, 0.15) is 6.42 Å². The molecule has 2 rings (SSSR count). The summed E-state index contributed by atoms with van der Waals surface area (Å²) in [5.74, 6) is -2.27. The summed E-state index contributed by atoms with van der Waals surface area (Å²) in [5.41, 5.74) is 0.547. The van der Waals surface area contributed by atoms with Gasteiger partial charge in [-0.15, -0.1) is 0 Å². The van der Waals surface area contributed by atoms with Crippen LogP contribution in [-0.2, 0) is 14.3 Å². The van der Waals surface area contributed by atoms with Crippen LogP contribution >= 0.6 is 0 Å². The van der Waals surface area contributed by atoms with Crippen molar-refractivity contribution < 1.29 is 23.9 Å². The molecule has 1 aromatic rings. The van der Waals surface area contributed by atoms with E-state index in [1.807, 2.05) is 0 Å². The van der Waals surface area contributed by atoms with Gasteiger partial charge < -0.3 is 4.74 Å². The van der Waals surface area contributed by atoms with Crippen molar-refractivity contribution >= 4 is 23.6 Å². The summed E-state index contributed by atoms with van der Waals surface area (Å²) in [5, 5.41) is 0. The van der Waals surface area contributed by atoms with Gasteiger partial charge in [-0.2, -0.15) is 0 Å². The number of hydrogen-bond donors (Lipinski definition) is 0. The number of methoxy groups -OCH3 is 1. The standard InChI is InChI=1S/C14H13NO5/c1-8(11(16)7-12(17)20-2)15-13(18)9-5-3-4-6-10(9)14(15)19/h3-6,8H,7H2,1-2H3. The van der Waals surface area contributed by atoms with Gasteiger partial charge in [0.05, 0.1) is 24.3 Å². The molecule has 1 aromatic carbocycles. The highest BCUT2D eigenvalue weighted by molar-refractivity contribution is 6.23. The quantitative estimate of drug-likeness (QED) is 0.461. The molecule has 0 spiro atoms. The van der Waals surface area contributed by atoms with Crippen LogP contribution in [0.25, 0.3) is 0 Å². The van der Waals surface area contributed by atoms with Crippen LogP contribution in [0.1, 0.15) is 34.1 Å². The van der Waals surface area contributed by atoms with Gasteiger partial charge in [0.2, 0.25) is 0 Å². The van der Waals surface area contributed by atoms with E-state index in [9.17, 15) is 19.2 Å². The fraction of sp³-hybridized carbons (Fsp3) is 0.286. The minimum Gasteiger partial charge on any atom is -0.469 e. The number of fused-ring (bicyclic) bond motifs is 1. The number of carbonyl (C=O) groups is 4. The summed E-state index contributed by atoms with van der Waals surface area (Å²) in [4.78, 5) is 48.2. The molecule has 6 heteroatoms. The van der Waals surface area contributed by atoms with E-state index >= 15 is 0 Å². The third-order valence-corrected chi connectivity index (χ3v) is 3.22. The lowest BCUT2D eigenvalue weighted by Gasteiger charge is -2.20. The molecule has 1 atom stereocenters. The van der Waals surface area contributed by atoms with E-state index in [0.717, 1.165) is 4.90 Å². The van der Waals surface area contributed by atoms with Gasteiger partial charge in [-0.25, -0.2) is 0 Å². The molecule has 2 amide bonds. The van der Waals surface area contributed by atoms with Crippen LogP contribution in [-0.4, -0.2) is 41.6 Å². The molecule has 1 unspecified atom stereocenters. The molecule has 0 saturated carbocycles. The summed E-state index contributed by atoms with van der Waals surface area (Å²) in [6.07, 6.45) is -0.467. The summed E-state index contributed by atoms with van der Waals surface area (Å²) in [6, 6.07) is 5.37. The highest BCUT2D eigenvalue weighted by Crippen LogP contribution is 2.24. The zero-order chi connectivity index (χ0) is 14.9. The Morgan fingerprint density at radius 1 is 1.15 bits per heavy atom. The fourth-order valence-corrected chi connectivity index (χ4v) is 2.07. The molecule has 6 nitrogen and oxygen atoms in total. The fourth-order valence-electron chi connectivity index (χ4n) is 2.07. The Morgan fingerprint density at radius 3 is 2.10 bits per heavy atom. The Labute approximate surface area is 115 Å². The summed E-state index contributed by atoms with van der Waals surface area (Å²) < 4.78 is 4.40. The lowest BCUT2D eigenvalue weighted by molar-refractivity contribution is -0.144. The van der Waals surface area contributed by atoms with Crippen molar-refractivity contribution in [2.75, 3.05) is 7.11 Å². The number of ether oxygens (including phenoxy) is 1. The van der Waals surface area contributed by atoms with Gasteiger partial charge >= 0.3 is 5.97 Å². The van der Waals surface area contributed by atoms with Crippen LogP contribution in [0, 0.1) is 0 Å². The van der Waals surface area contributed by atoms with Crippen molar-refractivity contribution in [3.8, 4) is 0 Å². The highest BCUT2D eigenvalue weighted by Gasteiger charge is 2.40. The first kappa shape index (κ1) is 13.9. The first-order valence-electron chi connectivity index (χ1n) is 6.03. The second kappa shape index (κ2) is 5.24. The molecule has 0 radical (unpaired) electrons. The van der Waals surface area contributed by atoms with Crippen molar-refractivity contribution in [1.29, 1.82) is 0 Å². The summed E-state index contributed by atoms with van der Waals surface area (Å²) >= 11 is 0. The topological polar surface area (TPSA) is 80.8 Å². The van der Waals surface area contributed by atoms with Crippen molar-refractivity contribution in [2.24, 2.45) is 0 Å². The van der Waals surface area contributed by atoms with Crippen LogP contribution in [0.2, 0.25) is 0 Å². The number of carbonyl (C=O) groups excluding carboxylic acids is 4. The number of amides is 2. The summed E-state index contributed by atoms with van der Waals surface area (Å²) in [6.45, 7) is 1.42. The van der Waals surface area contributed by atoms with Crippen molar-refractivity contribution in [3.63, 3.8) is 0 Å². The lowest BCUT2D eigenvalue weighted by Crippen LogP contribution is -2.43. The Hall–Kier alpha value is -2.50. The van der Waals surface area contributed by atoms with Crippen LogP contribution in [0.4, 0.5) is 0 Å². The Bertz CT molecular complexity index is 572. The SMILES string of the molecule is COC(=O)CC(=O)C(C)N1C(=O)c2ccccc2C1=O. The molecule has 104 valence electrons. The maximum atomic E-state index is 12.1. The van der Waals surface area contributed by atoms with E-state index in [4.69, 9.17) is 0 Å². The number of esters is 1. The third kappa shape index (κ3) is 2.20. The number of Topliss-reactive ketones (excluding diaryl/α,β-unsaturated/α-hetero) is 1. The van der Waals surface area contributed by atoms with E-state index in [1.165, 1.54) is 26.2 Å². The first-order valence-corrected chi connectivity index (χ1v) is 6.03. The predicted octanol–water partition coefficient (Wildman–Crippen LogP) is 0.803. The molecular formula is C14H13NO5. The summed E-state index contributed by atoms with van der Waals surface area (Å²) in [7, 11) is 1.17. The lowest BCUT2D eigenvalue weighted by atomic mass is 10.1. The molecule has 0 aromatic heterocycles. The molecule has 1 heterocycles. The smallest absolute Gasteiger partial charge is 0.313 e. The van der Waals surface area contributed by atoms with Gasteiger partial charge in [0.15, 0.2) is 5.78 Å². The van der Waals surface area contributed by atoms with Gasteiger partial charge in [-0.05, 0) is 19.1 Å². The Kier molecular flexibility index (Phi) is 3.65. The average Bonchev–Trinajstić information content (AvgIpc) is 2.70. The molecule has 0 saturated heterocycles. The maximum Gasteiger partial charge on any atom is 0.313 e. The van der Waals surface area contributed by atoms with E-state index in [-0.39, 0.29) is 11.1 Å². The van der Waals surface area contributed by atoms with Crippen LogP contribution in [0.5, 0.6) is 0 Å². The second-order valence-electron chi connectivity index (χ2n) is 4.42. The maximum absolute atomic E-state index is 12.1. The van der Waals surface area contributed by atoms with E-state index in [0.29, 0.717) is 0 Å². The average molecular weight is 275 g/mol. The second-order valence-corrected chi connectivity index (χ2v) is 4.42. The minimum atomic E-state index is -0.999. The molecule has 1 aliphatic heterocycles. The van der Waals surface area contributed by atoms with E-state index in [1.54, 1.807) is 12.1 Å². The predicted molar refractivity (Wildman–Crippen MR) is 68.0 cm³/mol. The Morgan fingerprint density at radius 2 is 1.65 bits per heavy atom. The van der Waals surface area contributed by atoms with Gasteiger partial charge in [-0.3, -0.25) is 24.1 Å². The van der Waals surface area contributed by atoms with Crippen molar-refractivity contribution in [1.82, 2.24) is 4.90 Å². The molecule has 20 heavy (non-hydrogen) atoms. The van der Waals surface area contributed by atoms with Gasteiger partial charge in [0, 0.05) is 0 Å². The van der Waals surface area contributed by atoms with Crippen LogP contribution < -0.4 is 0 Å². The van der Waals surface area contributed by atoms with Crippen molar-refractivity contribution in [3.05, 3.63) is 35.4 Å². The molecule has 0 fully saturated rings. The van der Waals surface area contributed by atoms with Gasteiger partial charge in [0.25, 0.3) is 11.8 Å². The zero-order valence-electron chi connectivity index (χ0n) is 11.1. The van der Waals surface area contributed by atoms with Crippen LogP contribution in [0.15, 0.2) is 24.3 Å². The van der Waals surface area contributed by atoms with Crippen LogP contribution in [0.3, 0.4) is 0 Å². The number of nitrogens with zero attached hydrogens (tertiary/aromatic N) is 1. The van der Waals surface area contributed by atoms with Gasteiger partial charge in [-0.1, -0.05) is 12.1 Å². The number of benzene rings is 1. The minimum absolute atomic E-state index is 0.273. The number of imide groups is 1. The largest absolute Gasteiger partial charge is 0.469 e. The molecule has 0 N–H and O–H groups in total. The third-order valence-electron chi connectivity index (χ3n) is 3.22. The monoisotopic (exact) mass is 275 g/mol. The first-order chi connectivity index (χ1) is 9.47. The molecular weight excluding hydrogens is 262 g/mol.